The highest BCUT2D eigenvalue weighted by Gasteiger charge is 1.96. The van der Waals surface area contributed by atoms with Gasteiger partial charge in [0.05, 0.1) is 6.54 Å². The molecule has 4 heteroatoms. The number of carboxylic acids is 1. The van der Waals surface area contributed by atoms with Gasteiger partial charge in [0.1, 0.15) is 0 Å². The molecule has 0 aliphatic rings. The molecule has 4 N–H and O–H groups in total. The van der Waals surface area contributed by atoms with Gasteiger partial charge in [-0.25, -0.2) is 4.79 Å². The number of carbonyl (C=O) groups is 1. The van der Waals surface area contributed by atoms with Crippen molar-refractivity contribution < 1.29 is 28.0 Å². The van der Waals surface area contributed by atoms with Crippen LogP contribution in [0, 0.1) is 0 Å². The van der Waals surface area contributed by atoms with Crippen LogP contribution in [0.25, 0.3) is 0 Å². The van der Waals surface area contributed by atoms with Gasteiger partial charge < -0.3 is 23.2 Å². The van der Waals surface area contributed by atoms with Gasteiger partial charge in [0, 0.05) is 12.0 Å². The van der Waals surface area contributed by atoms with E-state index in [1.54, 1.807) is 13.0 Å². The van der Waals surface area contributed by atoms with Crippen molar-refractivity contribution in [2.24, 2.45) is 0 Å². The van der Waals surface area contributed by atoms with Gasteiger partial charge in [0.2, 0.25) is 0 Å². The van der Waals surface area contributed by atoms with Crippen LogP contribution >= 0.6 is 0 Å². The molecular weight excluding hydrogens is 154 g/mol. The highest BCUT2D eigenvalue weighted by molar-refractivity contribution is 5.85. The molecule has 0 aromatic rings. The van der Waals surface area contributed by atoms with E-state index < -0.39 is 5.97 Å². The Bertz CT molecular complexity index is 134. The highest BCUT2D eigenvalue weighted by atomic mass is 35.5. The molecule has 0 atom stereocenters. The number of carboxylic acid groups (broad SMARTS) is 1. The lowest BCUT2D eigenvalue weighted by Crippen LogP contribution is -3.00. The molecule has 3 nitrogen and oxygen atoms in total. The first-order chi connectivity index (χ1) is 4.18. The summed E-state index contributed by atoms with van der Waals surface area (Å²) in [5.41, 5.74) is 3.98. The van der Waals surface area contributed by atoms with Crippen molar-refractivity contribution in [2.45, 2.75) is 13.3 Å². The maximum atomic E-state index is 10.1. The molecule has 0 heterocycles. The van der Waals surface area contributed by atoms with Crippen molar-refractivity contribution in [3.63, 3.8) is 0 Å². The second kappa shape index (κ2) is 6.58. The first-order valence-corrected chi connectivity index (χ1v) is 2.87. The molecule has 0 rings (SSSR count). The van der Waals surface area contributed by atoms with Crippen LogP contribution in [-0.2, 0) is 4.79 Å². The summed E-state index contributed by atoms with van der Waals surface area (Å²) in [4.78, 5) is 10.1. The SMILES string of the molecule is CC(=CCC[NH3+])C(=O)O.[Cl-]. The summed E-state index contributed by atoms with van der Waals surface area (Å²) >= 11 is 0. The number of halogens is 1. The minimum atomic E-state index is -0.844. The summed E-state index contributed by atoms with van der Waals surface area (Å²) in [6, 6.07) is 0. The molecule has 0 aliphatic carbocycles. The molecule has 0 saturated carbocycles. The Hall–Kier alpha value is -0.540. The van der Waals surface area contributed by atoms with E-state index in [-0.39, 0.29) is 12.4 Å². The second-order valence-electron chi connectivity index (χ2n) is 1.83. The molecule has 0 unspecified atom stereocenters. The summed E-state index contributed by atoms with van der Waals surface area (Å²) in [7, 11) is 0. The molecule has 0 aromatic heterocycles. The van der Waals surface area contributed by atoms with Gasteiger partial charge >= 0.3 is 5.97 Å². The van der Waals surface area contributed by atoms with Crippen molar-refractivity contribution >= 4 is 5.97 Å². The average Bonchev–Trinajstić information content (AvgIpc) is 1.82. The van der Waals surface area contributed by atoms with E-state index >= 15 is 0 Å². The quantitative estimate of drug-likeness (QED) is 0.430. The molecule has 0 radical (unpaired) electrons. The summed E-state index contributed by atoms with van der Waals surface area (Å²) in [5.74, 6) is -0.844. The van der Waals surface area contributed by atoms with Gasteiger partial charge in [-0.15, -0.1) is 0 Å². The van der Waals surface area contributed by atoms with Crippen LogP contribution in [0.4, 0.5) is 0 Å². The largest absolute Gasteiger partial charge is 1.00 e. The molecular formula is C6H12ClNO2. The number of rotatable bonds is 3. The fraction of sp³-hybridized carbons (Fsp3) is 0.500. The van der Waals surface area contributed by atoms with E-state index in [0.29, 0.717) is 5.57 Å². The first-order valence-electron chi connectivity index (χ1n) is 2.87. The van der Waals surface area contributed by atoms with Crippen molar-refractivity contribution in [3.8, 4) is 0 Å². The number of aliphatic carboxylic acids is 1. The molecule has 60 valence electrons. The van der Waals surface area contributed by atoms with Crippen LogP contribution in [0.2, 0.25) is 0 Å². The summed E-state index contributed by atoms with van der Waals surface area (Å²) in [6.07, 6.45) is 2.42. The Labute approximate surface area is 66.3 Å². The maximum absolute atomic E-state index is 10.1. The van der Waals surface area contributed by atoms with Crippen LogP contribution in [0.15, 0.2) is 11.6 Å². The summed E-state index contributed by atoms with van der Waals surface area (Å²) in [6.45, 7) is 2.34. The predicted octanol–water partition coefficient (Wildman–Crippen LogP) is -3.35. The van der Waals surface area contributed by atoms with Crippen molar-refractivity contribution in [1.29, 1.82) is 0 Å². The lowest BCUT2D eigenvalue weighted by Gasteiger charge is -1.88. The standard InChI is InChI=1S/C6H11NO2.ClH/c1-5(6(8)9)3-2-4-7;/h3H,2,4,7H2,1H3,(H,8,9);1H. The third-order valence-electron chi connectivity index (χ3n) is 0.992. The van der Waals surface area contributed by atoms with Crippen molar-refractivity contribution in [2.75, 3.05) is 6.54 Å². The number of hydrogen-bond donors (Lipinski definition) is 2. The second-order valence-corrected chi connectivity index (χ2v) is 1.83. The van der Waals surface area contributed by atoms with Crippen molar-refractivity contribution in [1.82, 2.24) is 0 Å². The summed E-state index contributed by atoms with van der Waals surface area (Å²) in [5, 5.41) is 8.32. The summed E-state index contributed by atoms with van der Waals surface area (Å²) < 4.78 is 0. The number of hydrogen-bond acceptors (Lipinski definition) is 1. The van der Waals surface area contributed by atoms with E-state index in [4.69, 9.17) is 5.11 Å². The zero-order valence-corrected chi connectivity index (χ0v) is 6.69. The first kappa shape index (κ1) is 12.2. The minimum absolute atomic E-state index is 0. The zero-order chi connectivity index (χ0) is 7.28. The number of quaternary nitrogens is 1. The van der Waals surface area contributed by atoms with E-state index in [9.17, 15) is 4.79 Å². The van der Waals surface area contributed by atoms with Crippen LogP contribution in [0.3, 0.4) is 0 Å². The highest BCUT2D eigenvalue weighted by Crippen LogP contribution is 1.92. The Morgan fingerprint density at radius 2 is 2.20 bits per heavy atom. The van der Waals surface area contributed by atoms with Crippen LogP contribution < -0.4 is 18.1 Å². The topological polar surface area (TPSA) is 64.9 Å². The lowest BCUT2D eigenvalue weighted by atomic mass is 10.2. The minimum Gasteiger partial charge on any atom is -1.00 e. The Balaban J connectivity index is 0. The van der Waals surface area contributed by atoms with Gasteiger partial charge in [0.25, 0.3) is 0 Å². The fourth-order valence-electron chi connectivity index (χ4n) is 0.406. The van der Waals surface area contributed by atoms with Crippen molar-refractivity contribution in [3.05, 3.63) is 11.6 Å². The molecule has 0 amide bonds. The third-order valence-corrected chi connectivity index (χ3v) is 0.992. The third kappa shape index (κ3) is 5.59. The van der Waals surface area contributed by atoms with Gasteiger partial charge in [-0.1, -0.05) is 6.08 Å². The van der Waals surface area contributed by atoms with Gasteiger partial charge in [-0.05, 0) is 6.92 Å². The molecule has 0 fully saturated rings. The van der Waals surface area contributed by atoms with E-state index in [0.717, 1.165) is 13.0 Å². The normalized spacial score (nSPS) is 10.4. The molecule has 0 saturated heterocycles. The van der Waals surface area contributed by atoms with E-state index in [1.165, 1.54) is 0 Å². The monoisotopic (exact) mass is 165 g/mol. The van der Waals surface area contributed by atoms with Crippen LogP contribution in [-0.4, -0.2) is 17.6 Å². The average molecular weight is 166 g/mol. The molecule has 0 spiro atoms. The van der Waals surface area contributed by atoms with Crippen LogP contribution in [0.1, 0.15) is 13.3 Å². The van der Waals surface area contributed by atoms with Gasteiger partial charge in [-0.2, -0.15) is 0 Å². The Morgan fingerprint density at radius 1 is 1.70 bits per heavy atom. The molecule has 10 heavy (non-hydrogen) atoms. The van der Waals surface area contributed by atoms with E-state index in [1.807, 2.05) is 0 Å². The lowest BCUT2D eigenvalue weighted by molar-refractivity contribution is -0.366. The molecule has 0 aliphatic heterocycles. The van der Waals surface area contributed by atoms with Crippen LogP contribution in [0.5, 0.6) is 0 Å². The molecule has 0 aromatic carbocycles. The Morgan fingerprint density at radius 3 is 2.50 bits per heavy atom. The fourth-order valence-corrected chi connectivity index (χ4v) is 0.406. The molecule has 0 bridgehead atoms. The van der Waals surface area contributed by atoms with Gasteiger partial charge in [-0.3, -0.25) is 0 Å². The maximum Gasteiger partial charge on any atom is 0.330 e. The van der Waals surface area contributed by atoms with Gasteiger partial charge in [0.15, 0.2) is 0 Å². The smallest absolute Gasteiger partial charge is 0.330 e. The predicted molar refractivity (Wildman–Crippen MR) is 33.8 cm³/mol. The zero-order valence-electron chi connectivity index (χ0n) is 5.93. The Kier molecular flexibility index (Phi) is 8.00. The van der Waals surface area contributed by atoms with E-state index in [2.05, 4.69) is 5.73 Å².